The summed E-state index contributed by atoms with van der Waals surface area (Å²) < 4.78 is 0. The average molecular weight is 268 g/mol. The molecule has 1 heterocycles. The van der Waals surface area contributed by atoms with Gasteiger partial charge in [-0.15, -0.1) is 0 Å². The highest BCUT2D eigenvalue weighted by atomic mass is 16.7. The molecule has 5 heteroatoms. The molecule has 0 saturated heterocycles. The van der Waals surface area contributed by atoms with Crippen LogP contribution in [0.3, 0.4) is 0 Å². The van der Waals surface area contributed by atoms with Crippen molar-refractivity contribution in [1.82, 2.24) is 0 Å². The largest absolute Gasteiger partial charge is 0.379 e. The Hall–Kier alpha value is -2.69. The van der Waals surface area contributed by atoms with Gasteiger partial charge in [0.1, 0.15) is 0 Å². The molecule has 100 valence electrons. The second-order valence-electron chi connectivity index (χ2n) is 4.51. The number of nitrogens with zero attached hydrogens (tertiary/aromatic N) is 2. The van der Waals surface area contributed by atoms with Gasteiger partial charge in [0.15, 0.2) is 5.71 Å². The van der Waals surface area contributed by atoms with Crippen LogP contribution in [0.2, 0.25) is 0 Å². The second kappa shape index (κ2) is 5.13. The molecule has 1 aliphatic heterocycles. The van der Waals surface area contributed by atoms with Gasteiger partial charge in [-0.2, -0.15) is 0 Å². The predicted molar refractivity (Wildman–Crippen MR) is 74.0 cm³/mol. The summed E-state index contributed by atoms with van der Waals surface area (Å²) in [5.41, 5.74) is 1.83. The minimum absolute atomic E-state index is 0.337. The first-order valence-electron chi connectivity index (χ1n) is 6.25. The van der Waals surface area contributed by atoms with Gasteiger partial charge < -0.3 is 4.84 Å². The van der Waals surface area contributed by atoms with Crippen molar-refractivity contribution in [3.8, 4) is 0 Å². The van der Waals surface area contributed by atoms with Gasteiger partial charge in [0, 0.05) is 16.1 Å². The maximum absolute atomic E-state index is 11.4. The molecule has 2 atom stereocenters. The molecule has 0 aliphatic carbocycles. The van der Waals surface area contributed by atoms with Crippen molar-refractivity contribution in [2.24, 2.45) is 5.16 Å². The molecule has 0 bridgehead atoms. The van der Waals surface area contributed by atoms with E-state index in [1.54, 1.807) is 12.1 Å². The summed E-state index contributed by atoms with van der Waals surface area (Å²) in [4.78, 5) is 16.4. The molecule has 0 saturated carbocycles. The lowest BCUT2D eigenvalue weighted by molar-refractivity contribution is -0.512. The topological polar surface area (TPSA) is 64.7 Å². The standard InChI is InChI=1S/C15H12N2O3/c18-17(19)14-13(11-7-3-1-4-8-11)16-20-15(14)12-9-5-2-6-10-12/h1-10,14-15H/t14-,15-/m1/s1. The van der Waals surface area contributed by atoms with E-state index in [0.717, 1.165) is 5.56 Å². The number of oxime groups is 1. The van der Waals surface area contributed by atoms with Crippen molar-refractivity contribution in [3.05, 3.63) is 81.9 Å². The van der Waals surface area contributed by atoms with E-state index >= 15 is 0 Å². The fraction of sp³-hybridized carbons (Fsp3) is 0.133. The number of rotatable bonds is 3. The molecule has 0 fully saturated rings. The average Bonchev–Trinajstić information content (AvgIpc) is 2.94. The van der Waals surface area contributed by atoms with Crippen molar-refractivity contribution in [2.75, 3.05) is 0 Å². The molecule has 0 aromatic heterocycles. The third kappa shape index (κ3) is 2.14. The van der Waals surface area contributed by atoms with E-state index in [1.165, 1.54) is 0 Å². The Morgan fingerprint density at radius 1 is 1.00 bits per heavy atom. The van der Waals surface area contributed by atoms with E-state index in [0.29, 0.717) is 11.3 Å². The normalized spacial score (nSPS) is 21.1. The van der Waals surface area contributed by atoms with Crippen LogP contribution < -0.4 is 0 Å². The first-order valence-corrected chi connectivity index (χ1v) is 6.25. The molecule has 2 aromatic carbocycles. The van der Waals surface area contributed by atoms with Gasteiger partial charge >= 0.3 is 6.04 Å². The lowest BCUT2D eigenvalue weighted by Crippen LogP contribution is -2.32. The van der Waals surface area contributed by atoms with Crippen LogP contribution in [0.4, 0.5) is 0 Å². The van der Waals surface area contributed by atoms with Gasteiger partial charge in [-0.25, -0.2) is 0 Å². The molecule has 0 spiro atoms. The molecule has 3 rings (SSSR count). The maximum Gasteiger partial charge on any atom is 0.301 e. The summed E-state index contributed by atoms with van der Waals surface area (Å²) in [5, 5.41) is 15.4. The molecule has 0 unspecified atom stereocenters. The smallest absolute Gasteiger partial charge is 0.301 e. The van der Waals surface area contributed by atoms with Gasteiger partial charge in [-0.1, -0.05) is 65.8 Å². The summed E-state index contributed by atoms with van der Waals surface area (Å²) in [6.45, 7) is 0. The number of nitro groups is 1. The molecule has 0 amide bonds. The van der Waals surface area contributed by atoms with Gasteiger partial charge in [-0.05, 0) is 0 Å². The van der Waals surface area contributed by atoms with E-state index in [1.807, 2.05) is 48.5 Å². The summed E-state index contributed by atoms with van der Waals surface area (Å²) in [5.74, 6) is 0. The zero-order chi connectivity index (χ0) is 13.9. The van der Waals surface area contributed by atoms with Gasteiger partial charge in [0.05, 0.1) is 0 Å². The highest BCUT2D eigenvalue weighted by molar-refractivity contribution is 6.04. The fourth-order valence-corrected chi connectivity index (χ4v) is 2.30. The van der Waals surface area contributed by atoms with Crippen LogP contribution in [0, 0.1) is 10.1 Å². The van der Waals surface area contributed by atoms with Crippen LogP contribution in [0.25, 0.3) is 0 Å². The number of benzene rings is 2. The van der Waals surface area contributed by atoms with Crippen molar-refractivity contribution in [2.45, 2.75) is 12.1 Å². The Bertz CT molecular complexity index is 641. The SMILES string of the molecule is O=[N+]([O-])[C@@H]1C(c2ccccc2)=NO[C@@H]1c1ccccc1. The van der Waals surface area contributed by atoms with Crippen LogP contribution in [-0.4, -0.2) is 16.7 Å². The summed E-state index contributed by atoms with van der Waals surface area (Å²) >= 11 is 0. The monoisotopic (exact) mass is 268 g/mol. The Morgan fingerprint density at radius 2 is 1.60 bits per heavy atom. The van der Waals surface area contributed by atoms with Crippen LogP contribution in [-0.2, 0) is 4.84 Å². The fourth-order valence-electron chi connectivity index (χ4n) is 2.30. The van der Waals surface area contributed by atoms with Crippen molar-refractivity contribution >= 4 is 5.71 Å². The molecular weight excluding hydrogens is 256 g/mol. The predicted octanol–water partition coefficient (Wildman–Crippen LogP) is 2.81. The molecule has 1 aliphatic rings. The third-order valence-electron chi connectivity index (χ3n) is 3.26. The lowest BCUT2D eigenvalue weighted by Gasteiger charge is -2.12. The zero-order valence-electron chi connectivity index (χ0n) is 10.5. The maximum atomic E-state index is 11.4. The number of hydrogen-bond donors (Lipinski definition) is 0. The van der Waals surface area contributed by atoms with Crippen LogP contribution in [0.5, 0.6) is 0 Å². The van der Waals surface area contributed by atoms with Gasteiger partial charge in [0.2, 0.25) is 6.10 Å². The van der Waals surface area contributed by atoms with Crippen LogP contribution in [0.1, 0.15) is 17.2 Å². The summed E-state index contributed by atoms with van der Waals surface area (Å²) in [7, 11) is 0. The lowest BCUT2D eigenvalue weighted by atomic mass is 9.95. The van der Waals surface area contributed by atoms with Crippen molar-refractivity contribution in [3.63, 3.8) is 0 Å². The minimum Gasteiger partial charge on any atom is -0.379 e. The first-order chi connectivity index (χ1) is 9.77. The summed E-state index contributed by atoms with van der Waals surface area (Å²) in [6.07, 6.45) is -0.679. The molecule has 0 radical (unpaired) electrons. The summed E-state index contributed by atoms with van der Waals surface area (Å²) in [6, 6.07) is 17.3. The second-order valence-corrected chi connectivity index (χ2v) is 4.51. The van der Waals surface area contributed by atoms with Crippen LogP contribution >= 0.6 is 0 Å². The Kier molecular flexibility index (Phi) is 3.16. The Morgan fingerprint density at radius 3 is 2.20 bits per heavy atom. The number of hydrogen-bond acceptors (Lipinski definition) is 4. The van der Waals surface area contributed by atoms with Crippen molar-refractivity contribution in [1.29, 1.82) is 0 Å². The van der Waals surface area contributed by atoms with Gasteiger partial charge in [0.25, 0.3) is 0 Å². The van der Waals surface area contributed by atoms with E-state index < -0.39 is 12.1 Å². The Balaban J connectivity index is 1.97. The highest BCUT2D eigenvalue weighted by Crippen LogP contribution is 2.31. The molecule has 5 nitrogen and oxygen atoms in total. The van der Waals surface area contributed by atoms with Crippen molar-refractivity contribution < 1.29 is 9.76 Å². The minimum atomic E-state index is -0.986. The first kappa shape index (κ1) is 12.3. The van der Waals surface area contributed by atoms with Gasteiger partial charge in [-0.3, -0.25) is 10.1 Å². The Labute approximate surface area is 115 Å². The highest BCUT2D eigenvalue weighted by Gasteiger charge is 2.45. The molecule has 20 heavy (non-hydrogen) atoms. The van der Waals surface area contributed by atoms with E-state index in [9.17, 15) is 10.1 Å². The molecular formula is C15H12N2O3. The zero-order valence-corrected chi connectivity index (χ0v) is 10.5. The third-order valence-corrected chi connectivity index (χ3v) is 3.26. The van der Waals surface area contributed by atoms with E-state index in [2.05, 4.69) is 5.16 Å². The van der Waals surface area contributed by atoms with E-state index in [4.69, 9.17) is 4.84 Å². The van der Waals surface area contributed by atoms with Crippen LogP contribution in [0.15, 0.2) is 65.8 Å². The van der Waals surface area contributed by atoms with E-state index in [-0.39, 0.29) is 4.92 Å². The molecule has 0 N–H and O–H groups in total. The molecule has 2 aromatic rings. The quantitative estimate of drug-likeness (QED) is 0.635.